The fourth-order valence-electron chi connectivity index (χ4n) is 4.53. The van der Waals surface area contributed by atoms with E-state index in [1.807, 2.05) is 22.8 Å². The second-order valence-electron chi connectivity index (χ2n) is 8.65. The third kappa shape index (κ3) is 4.57. The number of rotatable bonds is 6. The molecule has 5 rings (SSSR count). The molecular weight excluding hydrogens is 468 g/mol. The zero-order chi connectivity index (χ0) is 24.6. The maximum absolute atomic E-state index is 13.1. The number of nitrogens with zero attached hydrogens (tertiary/aromatic N) is 3. The molecule has 2 aromatic carbocycles. The molecule has 0 spiro atoms. The molecule has 3 heterocycles. The van der Waals surface area contributed by atoms with E-state index in [-0.39, 0.29) is 17.3 Å². The molecule has 1 aliphatic heterocycles. The highest BCUT2D eigenvalue weighted by atomic mass is 32.2. The molecule has 9 nitrogen and oxygen atoms in total. The minimum absolute atomic E-state index is 0.0698. The van der Waals surface area contributed by atoms with Crippen molar-refractivity contribution in [1.82, 2.24) is 14.5 Å². The summed E-state index contributed by atoms with van der Waals surface area (Å²) in [6, 6.07) is 15.6. The van der Waals surface area contributed by atoms with Crippen LogP contribution in [-0.4, -0.2) is 52.9 Å². The third-order valence-corrected chi connectivity index (χ3v) is 7.82. The summed E-state index contributed by atoms with van der Waals surface area (Å²) in [5, 5.41) is 10.7. The van der Waals surface area contributed by atoms with Gasteiger partial charge in [-0.3, -0.25) is 19.3 Å². The number of para-hydroxylation sites is 1. The molecule has 2 aromatic heterocycles. The first-order chi connectivity index (χ1) is 16.8. The number of amides is 1. The molecule has 0 atom stereocenters. The molecule has 0 bridgehead atoms. The Morgan fingerprint density at radius 3 is 2.57 bits per heavy atom. The number of carbonyl (C=O) groups excluding carboxylic acids is 1. The van der Waals surface area contributed by atoms with Gasteiger partial charge in [-0.2, -0.15) is 0 Å². The first kappa shape index (κ1) is 22.9. The molecule has 1 aliphatic rings. The fourth-order valence-corrected chi connectivity index (χ4v) is 5.76. The Labute approximate surface area is 202 Å². The molecule has 0 saturated carbocycles. The van der Waals surface area contributed by atoms with Crippen molar-refractivity contribution < 1.29 is 23.1 Å². The number of nitrogens with one attached hydrogen (secondary N) is 1. The highest BCUT2D eigenvalue weighted by molar-refractivity contribution is 7.93. The number of hydrogen-bond donors (Lipinski definition) is 2. The molecule has 10 heteroatoms. The van der Waals surface area contributed by atoms with Crippen molar-refractivity contribution in [3.8, 4) is 0 Å². The summed E-state index contributed by atoms with van der Waals surface area (Å²) in [7, 11) is -3.87. The summed E-state index contributed by atoms with van der Waals surface area (Å²) < 4.78 is 30.6. The lowest BCUT2D eigenvalue weighted by Gasteiger charge is -2.30. The number of aliphatic carboxylic acids is 1. The summed E-state index contributed by atoms with van der Waals surface area (Å²) in [6.07, 6.45) is 4.28. The Balaban J connectivity index is 1.32. The zero-order valence-electron chi connectivity index (χ0n) is 18.8. The minimum atomic E-state index is -3.87. The minimum Gasteiger partial charge on any atom is -0.481 e. The average molecular weight is 493 g/mol. The number of pyridine rings is 1. The van der Waals surface area contributed by atoms with E-state index in [0.717, 1.165) is 16.3 Å². The summed E-state index contributed by atoms with van der Waals surface area (Å²) >= 11 is 0. The summed E-state index contributed by atoms with van der Waals surface area (Å²) in [4.78, 5) is 29.9. The second-order valence-corrected chi connectivity index (χ2v) is 10.3. The predicted molar refractivity (Wildman–Crippen MR) is 131 cm³/mol. The van der Waals surface area contributed by atoms with Gasteiger partial charge in [-0.1, -0.05) is 18.2 Å². The number of fused-ring (bicyclic) bond motifs is 2. The lowest BCUT2D eigenvalue weighted by atomic mass is 9.97. The van der Waals surface area contributed by atoms with Crippen LogP contribution in [0.15, 0.2) is 71.9 Å². The number of piperidine rings is 1. The van der Waals surface area contributed by atoms with Crippen molar-refractivity contribution in [1.29, 1.82) is 0 Å². The van der Waals surface area contributed by atoms with Crippen LogP contribution in [0, 0.1) is 5.92 Å². The lowest BCUT2D eigenvalue weighted by molar-refractivity contribution is -0.145. The first-order valence-corrected chi connectivity index (χ1v) is 12.8. The van der Waals surface area contributed by atoms with Crippen molar-refractivity contribution >= 4 is 49.4 Å². The van der Waals surface area contributed by atoms with Crippen molar-refractivity contribution in [3.63, 3.8) is 0 Å². The number of carboxylic acids is 1. The van der Waals surface area contributed by atoms with Crippen LogP contribution < -0.4 is 4.72 Å². The van der Waals surface area contributed by atoms with E-state index in [0.29, 0.717) is 37.1 Å². The van der Waals surface area contributed by atoms with E-state index in [1.54, 1.807) is 47.6 Å². The van der Waals surface area contributed by atoms with Gasteiger partial charge >= 0.3 is 5.97 Å². The van der Waals surface area contributed by atoms with E-state index < -0.39 is 21.9 Å². The van der Waals surface area contributed by atoms with Gasteiger partial charge in [-0.15, -0.1) is 0 Å². The Morgan fingerprint density at radius 1 is 1.03 bits per heavy atom. The van der Waals surface area contributed by atoms with E-state index in [1.165, 1.54) is 6.07 Å². The number of benzene rings is 2. The summed E-state index contributed by atoms with van der Waals surface area (Å²) in [6.45, 7) is 1.00. The molecular formula is C25H24N4O5S. The molecule has 35 heavy (non-hydrogen) atoms. The van der Waals surface area contributed by atoms with Gasteiger partial charge in [0.25, 0.3) is 10.0 Å². The van der Waals surface area contributed by atoms with Gasteiger partial charge in [-0.25, -0.2) is 8.42 Å². The molecule has 1 saturated heterocycles. The summed E-state index contributed by atoms with van der Waals surface area (Å²) in [5.41, 5.74) is 1.61. The van der Waals surface area contributed by atoms with Crippen LogP contribution in [0.2, 0.25) is 0 Å². The van der Waals surface area contributed by atoms with Crippen molar-refractivity contribution in [3.05, 3.63) is 67.0 Å². The smallest absolute Gasteiger partial charge is 0.306 e. The predicted octanol–water partition coefficient (Wildman–Crippen LogP) is 3.31. The van der Waals surface area contributed by atoms with Crippen molar-refractivity contribution in [2.45, 2.75) is 24.3 Å². The number of sulfonamides is 1. The van der Waals surface area contributed by atoms with Gasteiger partial charge < -0.3 is 14.6 Å². The van der Waals surface area contributed by atoms with Crippen LogP contribution in [0.3, 0.4) is 0 Å². The molecule has 0 unspecified atom stereocenters. The van der Waals surface area contributed by atoms with Crippen LogP contribution in [0.5, 0.6) is 0 Å². The molecule has 4 aromatic rings. The maximum Gasteiger partial charge on any atom is 0.306 e. The highest BCUT2D eigenvalue weighted by Crippen LogP contribution is 2.26. The standard InChI is InChI=1S/C25H24N4O5S/c30-23(28-12-8-18(9-13-28)25(31)32)16-29-14-10-19-15-20(6-7-21(19)29)27-35(33,34)22-5-1-3-17-4-2-11-26-24(17)22/h1-7,10-11,14-15,18,27H,8-9,12-13,16H2,(H,31,32). The van der Waals surface area contributed by atoms with Crippen LogP contribution >= 0.6 is 0 Å². The molecule has 2 N–H and O–H groups in total. The zero-order valence-corrected chi connectivity index (χ0v) is 19.6. The highest BCUT2D eigenvalue weighted by Gasteiger charge is 2.27. The topological polar surface area (TPSA) is 122 Å². The number of likely N-dealkylation sites (tertiary alicyclic amines) is 1. The van der Waals surface area contributed by atoms with Gasteiger partial charge in [0.1, 0.15) is 11.4 Å². The SMILES string of the molecule is O=C(O)C1CCN(C(=O)Cn2ccc3cc(NS(=O)(=O)c4cccc5cccnc45)ccc32)CC1. The first-order valence-electron chi connectivity index (χ1n) is 11.3. The second kappa shape index (κ2) is 9.03. The molecule has 0 aliphatic carbocycles. The van der Waals surface area contributed by atoms with Crippen LogP contribution in [0.4, 0.5) is 5.69 Å². The third-order valence-electron chi connectivity index (χ3n) is 6.41. The average Bonchev–Trinajstić information content (AvgIpc) is 3.25. The van der Waals surface area contributed by atoms with Gasteiger partial charge in [0.05, 0.1) is 11.4 Å². The van der Waals surface area contributed by atoms with Crippen molar-refractivity contribution in [2.75, 3.05) is 17.8 Å². The lowest BCUT2D eigenvalue weighted by Crippen LogP contribution is -2.41. The normalized spacial score (nSPS) is 14.9. The maximum atomic E-state index is 13.1. The van der Waals surface area contributed by atoms with E-state index in [9.17, 15) is 18.0 Å². The van der Waals surface area contributed by atoms with Gasteiger partial charge in [0, 0.05) is 47.5 Å². The van der Waals surface area contributed by atoms with Crippen molar-refractivity contribution in [2.24, 2.45) is 5.92 Å². The number of aromatic nitrogens is 2. The number of carbonyl (C=O) groups is 2. The van der Waals surface area contributed by atoms with Gasteiger partial charge in [-0.05, 0) is 49.2 Å². The number of carboxylic acid groups (broad SMARTS) is 1. The van der Waals surface area contributed by atoms with E-state index in [2.05, 4.69) is 9.71 Å². The fraction of sp³-hybridized carbons (Fsp3) is 0.240. The summed E-state index contributed by atoms with van der Waals surface area (Å²) in [5.74, 6) is -1.27. The number of anilines is 1. The molecule has 1 amide bonds. The molecule has 0 radical (unpaired) electrons. The monoisotopic (exact) mass is 492 g/mol. The van der Waals surface area contributed by atoms with Gasteiger partial charge in [0.2, 0.25) is 5.91 Å². The van der Waals surface area contributed by atoms with Gasteiger partial charge in [0.15, 0.2) is 0 Å². The molecule has 180 valence electrons. The van der Waals surface area contributed by atoms with Crippen LogP contribution in [-0.2, 0) is 26.2 Å². The van der Waals surface area contributed by atoms with Crippen LogP contribution in [0.25, 0.3) is 21.8 Å². The van der Waals surface area contributed by atoms with E-state index >= 15 is 0 Å². The Kier molecular flexibility index (Phi) is 5.89. The molecule has 1 fully saturated rings. The number of hydrogen-bond acceptors (Lipinski definition) is 5. The Morgan fingerprint density at radius 2 is 1.80 bits per heavy atom. The Bertz CT molecular complexity index is 1530. The largest absolute Gasteiger partial charge is 0.481 e. The van der Waals surface area contributed by atoms with E-state index in [4.69, 9.17) is 5.11 Å². The quantitative estimate of drug-likeness (QED) is 0.426. The van der Waals surface area contributed by atoms with Crippen LogP contribution in [0.1, 0.15) is 12.8 Å². The Hall–Kier alpha value is -3.92.